The average molecular weight is 461 g/mol. The second-order valence-electron chi connectivity index (χ2n) is 6.17. The molecule has 1 heterocycles. The molecular formula is C18H16BrClFNO3S. The molecule has 2 aromatic rings. The van der Waals surface area contributed by atoms with Gasteiger partial charge in [0.05, 0.1) is 23.6 Å². The van der Waals surface area contributed by atoms with Crippen LogP contribution in [0, 0.1) is 5.82 Å². The van der Waals surface area contributed by atoms with E-state index in [1.54, 1.807) is 30.3 Å². The predicted molar refractivity (Wildman–Crippen MR) is 102 cm³/mol. The largest absolute Gasteiger partial charge is 0.330 e. The summed E-state index contributed by atoms with van der Waals surface area (Å²) in [6, 6.07) is 10.7. The van der Waals surface area contributed by atoms with E-state index in [-0.39, 0.29) is 34.5 Å². The van der Waals surface area contributed by atoms with Gasteiger partial charge >= 0.3 is 0 Å². The highest BCUT2D eigenvalue weighted by atomic mass is 79.9. The molecule has 3 rings (SSSR count). The van der Waals surface area contributed by atoms with Crippen LogP contribution in [-0.4, -0.2) is 36.8 Å². The summed E-state index contributed by atoms with van der Waals surface area (Å²) >= 11 is 9.46. The first-order valence-electron chi connectivity index (χ1n) is 7.97. The van der Waals surface area contributed by atoms with Gasteiger partial charge in [0.2, 0.25) is 0 Å². The lowest BCUT2D eigenvalue weighted by atomic mass is 10.1. The van der Waals surface area contributed by atoms with Crippen LogP contribution in [-0.2, 0) is 16.4 Å². The third kappa shape index (κ3) is 4.10. The number of hydrogen-bond acceptors (Lipinski definition) is 3. The Hall–Kier alpha value is -1.44. The number of hydrogen-bond donors (Lipinski definition) is 0. The first-order valence-corrected chi connectivity index (χ1v) is 11.0. The van der Waals surface area contributed by atoms with Crippen LogP contribution in [0.2, 0.25) is 5.02 Å². The molecule has 1 saturated heterocycles. The van der Waals surface area contributed by atoms with Crippen LogP contribution in [0.25, 0.3) is 0 Å². The maximum absolute atomic E-state index is 14.2. The average Bonchev–Trinajstić information content (AvgIpc) is 2.94. The van der Waals surface area contributed by atoms with Gasteiger partial charge < -0.3 is 4.90 Å². The minimum absolute atomic E-state index is 0.0163. The van der Waals surface area contributed by atoms with Crippen molar-refractivity contribution in [2.24, 2.45) is 0 Å². The van der Waals surface area contributed by atoms with Crippen molar-refractivity contribution < 1.29 is 17.6 Å². The van der Waals surface area contributed by atoms with E-state index in [2.05, 4.69) is 15.9 Å². The van der Waals surface area contributed by atoms with E-state index < -0.39 is 21.7 Å². The van der Waals surface area contributed by atoms with Crippen LogP contribution in [0.5, 0.6) is 0 Å². The molecule has 0 aliphatic carbocycles. The zero-order valence-electron chi connectivity index (χ0n) is 13.7. The van der Waals surface area contributed by atoms with Crippen molar-refractivity contribution >= 4 is 43.3 Å². The lowest BCUT2D eigenvalue weighted by molar-refractivity contribution is 0.0678. The predicted octanol–water partition coefficient (Wildman–Crippen LogP) is 4.07. The van der Waals surface area contributed by atoms with Gasteiger partial charge in [-0.2, -0.15) is 0 Å². The summed E-state index contributed by atoms with van der Waals surface area (Å²) in [5, 5.41) is 0.204. The summed E-state index contributed by atoms with van der Waals surface area (Å²) < 4.78 is 38.7. The highest BCUT2D eigenvalue weighted by Gasteiger charge is 2.36. The third-order valence-electron chi connectivity index (χ3n) is 4.40. The first-order chi connectivity index (χ1) is 12.3. The molecule has 1 unspecified atom stereocenters. The molecule has 0 spiro atoms. The fourth-order valence-corrected chi connectivity index (χ4v) is 5.44. The van der Waals surface area contributed by atoms with E-state index in [1.807, 2.05) is 0 Å². The highest BCUT2D eigenvalue weighted by Crippen LogP contribution is 2.28. The van der Waals surface area contributed by atoms with Gasteiger partial charge in [0.1, 0.15) is 5.82 Å². The van der Waals surface area contributed by atoms with Crippen LogP contribution >= 0.6 is 27.5 Å². The van der Waals surface area contributed by atoms with Gasteiger partial charge in [-0.25, -0.2) is 12.8 Å². The fraction of sp³-hybridized carbons (Fsp3) is 0.278. The van der Waals surface area contributed by atoms with Crippen molar-refractivity contribution in [2.45, 2.75) is 19.0 Å². The molecule has 1 atom stereocenters. The minimum atomic E-state index is -3.21. The summed E-state index contributed by atoms with van der Waals surface area (Å²) in [4.78, 5) is 14.5. The molecule has 2 aromatic carbocycles. The summed E-state index contributed by atoms with van der Waals surface area (Å²) in [7, 11) is -3.21. The van der Waals surface area contributed by atoms with E-state index in [4.69, 9.17) is 11.6 Å². The van der Waals surface area contributed by atoms with Gasteiger partial charge in [-0.05, 0) is 46.6 Å². The molecule has 0 radical (unpaired) electrons. The van der Waals surface area contributed by atoms with Crippen molar-refractivity contribution in [2.75, 3.05) is 11.5 Å². The molecule has 138 valence electrons. The fourth-order valence-electron chi connectivity index (χ4n) is 3.03. The number of carbonyl (C=O) groups is 1. The minimum Gasteiger partial charge on any atom is -0.330 e. The number of carbonyl (C=O) groups excluding carboxylic acids is 1. The van der Waals surface area contributed by atoms with E-state index >= 15 is 0 Å². The molecule has 0 saturated carbocycles. The molecule has 26 heavy (non-hydrogen) atoms. The molecule has 0 N–H and O–H groups in total. The Morgan fingerprint density at radius 1 is 1.23 bits per heavy atom. The van der Waals surface area contributed by atoms with E-state index in [0.29, 0.717) is 16.5 Å². The van der Waals surface area contributed by atoms with Crippen LogP contribution < -0.4 is 0 Å². The number of halogens is 3. The molecule has 0 aromatic heterocycles. The Morgan fingerprint density at radius 3 is 2.58 bits per heavy atom. The second kappa shape index (κ2) is 7.66. The number of rotatable bonds is 4. The maximum Gasteiger partial charge on any atom is 0.255 e. The monoisotopic (exact) mass is 459 g/mol. The van der Waals surface area contributed by atoms with Crippen molar-refractivity contribution in [1.82, 2.24) is 4.90 Å². The first kappa shape index (κ1) is 19.3. The Morgan fingerprint density at radius 2 is 1.96 bits per heavy atom. The molecule has 0 bridgehead atoms. The SMILES string of the molecule is O=C(c1ccccc1Br)N(Cc1c(F)cccc1Cl)C1CCS(=O)(=O)C1. The number of benzene rings is 2. The topological polar surface area (TPSA) is 54.5 Å². The summed E-state index contributed by atoms with van der Waals surface area (Å²) in [5.74, 6) is -1.00. The van der Waals surface area contributed by atoms with Gasteiger partial charge in [0.15, 0.2) is 9.84 Å². The third-order valence-corrected chi connectivity index (χ3v) is 7.20. The van der Waals surface area contributed by atoms with E-state index in [9.17, 15) is 17.6 Å². The lowest BCUT2D eigenvalue weighted by Gasteiger charge is -2.29. The van der Waals surface area contributed by atoms with Crippen LogP contribution in [0.15, 0.2) is 46.9 Å². The number of nitrogens with zero attached hydrogens (tertiary/aromatic N) is 1. The lowest BCUT2D eigenvalue weighted by Crippen LogP contribution is -2.41. The molecule has 8 heteroatoms. The second-order valence-corrected chi connectivity index (χ2v) is 9.66. The molecular weight excluding hydrogens is 445 g/mol. The van der Waals surface area contributed by atoms with Crippen LogP contribution in [0.4, 0.5) is 4.39 Å². The zero-order valence-corrected chi connectivity index (χ0v) is 16.8. The van der Waals surface area contributed by atoms with Crippen LogP contribution in [0.1, 0.15) is 22.3 Å². The molecule has 1 fully saturated rings. The van der Waals surface area contributed by atoms with Crippen molar-refractivity contribution in [3.05, 3.63) is 68.9 Å². The normalized spacial score (nSPS) is 18.7. The zero-order chi connectivity index (χ0) is 18.9. The molecule has 1 aliphatic heterocycles. The number of sulfone groups is 1. The van der Waals surface area contributed by atoms with Crippen molar-refractivity contribution in [1.29, 1.82) is 0 Å². The van der Waals surface area contributed by atoms with Gasteiger partial charge in [-0.3, -0.25) is 4.79 Å². The van der Waals surface area contributed by atoms with Gasteiger partial charge in [-0.15, -0.1) is 0 Å². The summed E-state index contributed by atoms with van der Waals surface area (Å²) in [5.41, 5.74) is 0.572. The van der Waals surface area contributed by atoms with Crippen LogP contribution in [0.3, 0.4) is 0 Å². The highest BCUT2D eigenvalue weighted by molar-refractivity contribution is 9.10. The molecule has 4 nitrogen and oxygen atoms in total. The Bertz CT molecular complexity index is 931. The van der Waals surface area contributed by atoms with Gasteiger partial charge in [-0.1, -0.05) is 29.8 Å². The quantitative estimate of drug-likeness (QED) is 0.691. The molecule has 1 aliphatic rings. The maximum atomic E-state index is 14.2. The van der Waals surface area contributed by atoms with Gasteiger partial charge in [0.25, 0.3) is 5.91 Å². The standard InChI is InChI=1S/C18H16BrClFNO3S/c19-15-5-2-1-4-13(15)18(23)22(12-8-9-26(24,25)11-12)10-14-16(20)6-3-7-17(14)21/h1-7,12H,8-11H2. The van der Waals surface area contributed by atoms with Gasteiger partial charge in [0, 0.05) is 21.1 Å². The smallest absolute Gasteiger partial charge is 0.255 e. The summed E-state index contributed by atoms with van der Waals surface area (Å²) in [6.07, 6.45) is 0.324. The van der Waals surface area contributed by atoms with E-state index in [0.717, 1.165) is 0 Å². The van der Waals surface area contributed by atoms with E-state index in [1.165, 1.54) is 17.0 Å². The van der Waals surface area contributed by atoms with Crippen molar-refractivity contribution in [3.8, 4) is 0 Å². The Labute approximate surface area is 165 Å². The summed E-state index contributed by atoms with van der Waals surface area (Å²) in [6.45, 7) is -0.0914. The Balaban J connectivity index is 2.00. The number of amides is 1. The Kier molecular flexibility index (Phi) is 5.69. The molecule has 1 amide bonds. The van der Waals surface area contributed by atoms with Crippen molar-refractivity contribution in [3.63, 3.8) is 0 Å².